The van der Waals surface area contributed by atoms with Crippen LogP contribution in [-0.2, 0) is 6.54 Å². The maximum absolute atomic E-state index is 5.63. The van der Waals surface area contributed by atoms with Crippen LogP contribution in [0, 0.1) is 19.8 Å². The zero-order valence-corrected chi connectivity index (χ0v) is 12.5. The highest BCUT2D eigenvalue weighted by atomic mass is 16.5. The predicted octanol–water partition coefficient (Wildman–Crippen LogP) is 2.89. The normalized spacial score (nSPS) is 14.0. The molecule has 1 fully saturated rings. The first-order valence-electron chi connectivity index (χ1n) is 7.32. The lowest BCUT2D eigenvalue weighted by Crippen LogP contribution is -2.06. The van der Waals surface area contributed by atoms with Gasteiger partial charge in [-0.3, -0.25) is 4.98 Å². The van der Waals surface area contributed by atoms with Crippen molar-refractivity contribution in [1.29, 1.82) is 0 Å². The third kappa shape index (κ3) is 3.90. The van der Waals surface area contributed by atoms with E-state index in [-0.39, 0.29) is 0 Å². The summed E-state index contributed by atoms with van der Waals surface area (Å²) in [4.78, 5) is 13.1. The SMILES string of the molecule is Cc1cnc(C)c(NCc2ccc(OCC3CC3)nc2)n1. The van der Waals surface area contributed by atoms with E-state index in [0.717, 1.165) is 35.3 Å². The van der Waals surface area contributed by atoms with Crippen molar-refractivity contribution < 1.29 is 4.74 Å². The molecule has 0 aliphatic heterocycles. The van der Waals surface area contributed by atoms with Crippen molar-refractivity contribution in [2.24, 2.45) is 5.92 Å². The van der Waals surface area contributed by atoms with Crippen molar-refractivity contribution in [3.63, 3.8) is 0 Å². The summed E-state index contributed by atoms with van der Waals surface area (Å²) < 4.78 is 5.63. The zero-order chi connectivity index (χ0) is 14.7. The van der Waals surface area contributed by atoms with Crippen molar-refractivity contribution in [2.45, 2.75) is 33.2 Å². The van der Waals surface area contributed by atoms with Crippen LogP contribution in [-0.4, -0.2) is 21.6 Å². The molecule has 1 aliphatic rings. The van der Waals surface area contributed by atoms with Crippen LogP contribution in [0.25, 0.3) is 0 Å². The fourth-order valence-corrected chi connectivity index (χ4v) is 1.98. The molecule has 0 saturated heterocycles. The molecule has 5 heteroatoms. The Morgan fingerprint density at radius 1 is 1.19 bits per heavy atom. The molecule has 0 spiro atoms. The van der Waals surface area contributed by atoms with Gasteiger partial charge in [-0.25, -0.2) is 9.97 Å². The zero-order valence-electron chi connectivity index (χ0n) is 12.5. The van der Waals surface area contributed by atoms with E-state index < -0.39 is 0 Å². The first-order valence-corrected chi connectivity index (χ1v) is 7.32. The van der Waals surface area contributed by atoms with Gasteiger partial charge in [-0.05, 0) is 38.2 Å². The monoisotopic (exact) mass is 284 g/mol. The Kier molecular flexibility index (Phi) is 3.99. The van der Waals surface area contributed by atoms with E-state index in [1.807, 2.05) is 32.2 Å². The second-order valence-corrected chi connectivity index (χ2v) is 5.56. The van der Waals surface area contributed by atoms with Crippen molar-refractivity contribution in [3.8, 4) is 5.88 Å². The van der Waals surface area contributed by atoms with E-state index in [2.05, 4.69) is 20.3 Å². The van der Waals surface area contributed by atoms with Gasteiger partial charge in [-0.1, -0.05) is 6.07 Å². The number of aromatic nitrogens is 3. The number of aryl methyl sites for hydroxylation is 2. The highest BCUT2D eigenvalue weighted by Gasteiger charge is 2.21. The van der Waals surface area contributed by atoms with Crippen LogP contribution in [0.4, 0.5) is 5.82 Å². The van der Waals surface area contributed by atoms with Gasteiger partial charge in [-0.15, -0.1) is 0 Å². The third-order valence-electron chi connectivity index (χ3n) is 3.50. The highest BCUT2D eigenvalue weighted by Crippen LogP contribution is 2.29. The highest BCUT2D eigenvalue weighted by molar-refractivity contribution is 5.40. The van der Waals surface area contributed by atoms with Gasteiger partial charge in [0.25, 0.3) is 0 Å². The number of pyridine rings is 1. The first-order chi connectivity index (χ1) is 10.2. The molecule has 21 heavy (non-hydrogen) atoms. The summed E-state index contributed by atoms with van der Waals surface area (Å²) in [5, 5.41) is 3.30. The minimum Gasteiger partial charge on any atom is -0.477 e. The second-order valence-electron chi connectivity index (χ2n) is 5.56. The Morgan fingerprint density at radius 3 is 2.76 bits per heavy atom. The predicted molar refractivity (Wildman–Crippen MR) is 81.3 cm³/mol. The van der Waals surface area contributed by atoms with Crippen LogP contribution in [0.15, 0.2) is 24.5 Å². The van der Waals surface area contributed by atoms with Gasteiger partial charge in [0.1, 0.15) is 5.82 Å². The van der Waals surface area contributed by atoms with Crippen LogP contribution in [0.3, 0.4) is 0 Å². The molecule has 0 radical (unpaired) electrons. The van der Waals surface area contributed by atoms with Crippen LogP contribution < -0.4 is 10.1 Å². The van der Waals surface area contributed by atoms with Gasteiger partial charge in [0.15, 0.2) is 0 Å². The van der Waals surface area contributed by atoms with E-state index in [9.17, 15) is 0 Å². The van der Waals surface area contributed by atoms with Crippen LogP contribution in [0.5, 0.6) is 5.88 Å². The summed E-state index contributed by atoms with van der Waals surface area (Å²) in [6.45, 7) is 5.35. The molecule has 3 rings (SSSR count). The standard InChI is InChI=1S/C16H20N4O/c1-11-7-17-12(2)16(20-11)19-9-14-5-6-15(18-8-14)21-10-13-3-4-13/h5-8,13H,3-4,9-10H2,1-2H3,(H,19,20). The van der Waals surface area contributed by atoms with Crippen LogP contribution in [0.2, 0.25) is 0 Å². The molecule has 0 aromatic carbocycles. The van der Waals surface area contributed by atoms with E-state index >= 15 is 0 Å². The molecule has 2 aromatic rings. The molecule has 5 nitrogen and oxygen atoms in total. The molecule has 0 bridgehead atoms. The van der Waals surface area contributed by atoms with Crippen molar-refractivity contribution >= 4 is 5.82 Å². The minimum atomic E-state index is 0.675. The number of anilines is 1. The number of hydrogen-bond donors (Lipinski definition) is 1. The maximum atomic E-state index is 5.63. The Hall–Kier alpha value is -2.17. The van der Waals surface area contributed by atoms with E-state index in [4.69, 9.17) is 4.74 Å². The number of nitrogens with zero attached hydrogens (tertiary/aromatic N) is 3. The molecule has 2 aromatic heterocycles. The van der Waals surface area contributed by atoms with Gasteiger partial charge in [0.05, 0.1) is 18.0 Å². The fraction of sp³-hybridized carbons (Fsp3) is 0.438. The summed E-state index contributed by atoms with van der Waals surface area (Å²) in [6.07, 6.45) is 6.19. The molecule has 0 amide bonds. The molecule has 0 atom stereocenters. The summed E-state index contributed by atoms with van der Waals surface area (Å²) in [5.74, 6) is 2.28. The first kappa shape index (κ1) is 13.8. The average Bonchev–Trinajstić information content (AvgIpc) is 3.31. The minimum absolute atomic E-state index is 0.675. The number of rotatable bonds is 6. The van der Waals surface area contributed by atoms with Gasteiger partial charge >= 0.3 is 0 Å². The van der Waals surface area contributed by atoms with Gasteiger partial charge in [-0.2, -0.15) is 0 Å². The third-order valence-corrected chi connectivity index (χ3v) is 3.50. The molecule has 1 saturated carbocycles. The summed E-state index contributed by atoms with van der Waals surface area (Å²) in [5.41, 5.74) is 2.90. The molecule has 1 N–H and O–H groups in total. The van der Waals surface area contributed by atoms with Gasteiger partial charge in [0, 0.05) is 25.0 Å². The van der Waals surface area contributed by atoms with Crippen molar-refractivity contribution in [2.75, 3.05) is 11.9 Å². The number of nitrogens with one attached hydrogen (secondary N) is 1. The summed E-state index contributed by atoms with van der Waals surface area (Å²) in [7, 11) is 0. The molecular formula is C16H20N4O. The number of hydrogen-bond acceptors (Lipinski definition) is 5. The molecule has 1 aliphatic carbocycles. The summed E-state index contributed by atoms with van der Waals surface area (Å²) >= 11 is 0. The lowest BCUT2D eigenvalue weighted by atomic mass is 10.3. The summed E-state index contributed by atoms with van der Waals surface area (Å²) in [6, 6.07) is 3.95. The van der Waals surface area contributed by atoms with Crippen molar-refractivity contribution in [1.82, 2.24) is 15.0 Å². The smallest absolute Gasteiger partial charge is 0.213 e. The van der Waals surface area contributed by atoms with Gasteiger partial charge < -0.3 is 10.1 Å². The fourth-order valence-electron chi connectivity index (χ4n) is 1.98. The molecule has 110 valence electrons. The lowest BCUT2D eigenvalue weighted by Gasteiger charge is -2.09. The molecule has 2 heterocycles. The Bertz CT molecular complexity index is 608. The second kappa shape index (κ2) is 6.08. The molecular weight excluding hydrogens is 264 g/mol. The lowest BCUT2D eigenvalue weighted by molar-refractivity contribution is 0.288. The molecule has 0 unspecified atom stereocenters. The van der Waals surface area contributed by atoms with E-state index in [1.165, 1.54) is 12.8 Å². The average molecular weight is 284 g/mol. The van der Waals surface area contributed by atoms with E-state index in [1.54, 1.807) is 6.20 Å². The van der Waals surface area contributed by atoms with Gasteiger partial charge in [0.2, 0.25) is 5.88 Å². The van der Waals surface area contributed by atoms with E-state index in [0.29, 0.717) is 12.4 Å². The van der Waals surface area contributed by atoms with Crippen LogP contribution >= 0.6 is 0 Å². The van der Waals surface area contributed by atoms with Crippen LogP contribution in [0.1, 0.15) is 29.8 Å². The quantitative estimate of drug-likeness (QED) is 0.883. The Labute approximate surface area is 124 Å². The number of ether oxygens (including phenoxy) is 1. The van der Waals surface area contributed by atoms with Crippen molar-refractivity contribution in [3.05, 3.63) is 41.5 Å². The largest absolute Gasteiger partial charge is 0.477 e. The Morgan fingerprint density at radius 2 is 2.05 bits per heavy atom. The maximum Gasteiger partial charge on any atom is 0.213 e. The Balaban J connectivity index is 1.55. The topological polar surface area (TPSA) is 59.9 Å².